The number of aromatic nitrogens is 1. The largest absolute Gasteiger partial charge is 0.356 e. The molecule has 0 bridgehead atoms. The highest BCUT2D eigenvalue weighted by Crippen LogP contribution is 2.26. The minimum Gasteiger partial charge on any atom is -0.356 e. The summed E-state index contributed by atoms with van der Waals surface area (Å²) in [5.74, 6) is -1.15. The number of anilines is 1. The minimum absolute atomic E-state index is 0.0979. The number of amides is 3. The molecule has 0 spiro atoms. The molecule has 2 aromatic carbocycles. The van der Waals surface area contributed by atoms with Gasteiger partial charge in [0.2, 0.25) is 11.0 Å². The molecule has 3 amide bonds. The summed E-state index contributed by atoms with van der Waals surface area (Å²) in [6.45, 7) is 0.431. The molecule has 1 aliphatic rings. The van der Waals surface area contributed by atoms with E-state index in [-0.39, 0.29) is 23.3 Å². The number of hydrogen-bond donors (Lipinski definition) is 2. The van der Waals surface area contributed by atoms with E-state index in [9.17, 15) is 14.4 Å². The average molecular weight is 474 g/mol. The molecule has 34 heavy (non-hydrogen) atoms. The lowest BCUT2D eigenvalue weighted by Crippen LogP contribution is -2.50. The fourth-order valence-corrected chi connectivity index (χ4v) is 4.00. The second-order valence-electron chi connectivity index (χ2n) is 7.64. The molecule has 9 heteroatoms. The Labute approximate surface area is 202 Å². The van der Waals surface area contributed by atoms with Gasteiger partial charge in [-0.2, -0.15) is 0 Å². The summed E-state index contributed by atoms with van der Waals surface area (Å²) < 4.78 is 0. The Kier molecular flexibility index (Phi) is 7.24. The lowest BCUT2D eigenvalue weighted by molar-refractivity contribution is -0.127. The zero-order chi connectivity index (χ0) is 23.9. The quantitative estimate of drug-likeness (QED) is 0.488. The molecule has 172 valence electrons. The van der Waals surface area contributed by atoms with Crippen LogP contribution >= 0.6 is 12.2 Å². The number of carbonyl (C=O) groups excluding carboxylic acids is 3. The third kappa shape index (κ3) is 5.26. The summed E-state index contributed by atoms with van der Waals surface area (Å²) in [6.07, 6.45) is 3.50. The molecule has 8 nitrogen and oxygen atoms in total. The standard InChI is InChI=1S/C25H23N5O3S/c31-22(27-16-11-18-7-3-1-4-8-18)17-21-24(33)29(20-9-5-2-6-10-20)25(34)30(21)28-23(32)19-12-14-26-15-13-19/h1-10,12-15,21H,11,16-17H2,(H,27,31)(H,28,32)/t21-/m1/s1. The van der Waals surface area contributed by atoms with Crippen molar-refractivity contribution >= 4 is 40.7 Å². The van der Waals surface area contributed by atoms with Crippen LogP contribution in [0.1, 0.15) is 22.3 Å². The molecule has 1 fully saturated rings. The van der Waals surface area contributed by atoms with Crippen LogP contribution in [-0.4, -0.2) is 45.4 Å². The number of hydrazine groups is 1. The van der Waals surface area contributed by atoms with Crippen LogP contribution in [0.3, 0.4) is 0 Å². The third-order valence-electron chi connectivity index (χ3n) is 5.35. The second kappa shape index (κ2) is 10.7. The molecule has 0 saturated carbocycles. The van der Waals surface area contributed by atoms with Crippen molar-refractivity contribution in [3.05, 3.63) is 96.3 Å². The van der Waals surface area contributed by atoms with E-state index >= 15 is 0 Å². The van der Waals surface area contributed by atoms with E-state index in [1.54, 1.807) is 36.4 Å². The first-order chi connectivity index (χ1) is 16.5. The van der Waals surface area contributed by atoms with E-state index in [2.05, 4.69) is 15.7 Å². The second-order valence-corrected chi connectivity index (χ2v) is 8.01. The van der Waals surface area contributed by atoms with Crippen LogP contribution in [0.15, 0.2) is 85.2 Å². The van der Waals surface area contributed by atoms with E-state index in [1.807, 2.05) is 36.4 Å². The van der Waals surface area contributed by atoms with Gasteiger partial charge in [0.05, 0.1) is 12.1 Å². The highest BCUT2D eigenvalue weighted by Gasteiger charge is 2.45. The topological polar surface area (TPSA) is 94.6 Å². The van der Waals surface area contributed by atoms with Gasteiger partial charge in [-0.3, -0.25) is 29.7 Å². The third-order valence-corrected chi connectivity index (χ3v) is 5.73. The zero-order valence-corrected chi connectivity index (χ0v) is 19.1. The number of nitrogens with one attached hydrogen (secondary N) is 2. The summed E-state index contributed by atoms with van der Waals surface area (Å²) in [4.78, 5) is 44.1. The predicted octanol–water partition coefficient (Wildman–Crippen LogP) is 2.48. The lowest BCUT2D eigenvalue weighted by Gasteiger charge is -2.24. The van der Waals surface area contributed by atoms with Crippen LogP contribution in [0.4, 0.5) is 5.69 Å². The number of rotatable bonds is 8. The van der Waals surface area contributed by atoms with Crippen molar-refractivity contribution in [3.63, 3.8) is 0 Å². The first-order valence-corrected chi connectivity index (χ1v) is 11.2. The Bertz CT molecular complexity index is 1170. The summed E-state index contributed by atoms with van der Waals surface area (Å²) in [6, 6.07) is 20.8. The van der Waals surface area contributed by atoms with Crippen molar-refractivity contribution in [2.24, 2.45) is 0 Å². The molecule has 0 radical (unpaired) electrons. The average Bonchev–Trinajstić information content (AvgIpc) is 3.09. The molecule has 0 unspecified atom stereocenters. The fraction of sp³-hybridized carbons (Fsp3) is 0.160. The normalized spacial score (nSPS) is 15.4. The Balaban J connectivity index is 1.49. The Morgan fingerprint density at radius 3 is 2.26 bits per heavy atom. The molecule has 1 atom stereocenters. The SMILES string of the molecule is O=C(C[C@@H]1C(=O)N(c2ccccc2)C(=S)N1NC(=O)c1ccncc1)NCCc1ccccc1. The van der Waals surface area contributed by atoms with Gasteiger partial charge in [-0.15, -0.1) is 0 Å². The van der Waals surface area contributed by atoms with Crippen molar-refractivity contribution in [1.82, 2.24) is 20.7 Å². The smallest absolute Gasteiger partial charge is 0.269 e. The molecular weight excluding hydrogens is 450 g/mol. The van der Waals surface area contributed by atoms with Crippen LogP contribution in [0.5, 0.6) is 0 Å². The van der Waals surface area contributed by atoms with Gasteiger partial charge in [-0.25, -0.2) is 5.01 Å². The summed E-state index contributed by atoms with van der Waals surface area (Å²) >= 11 is 5.54. The maximum atomic E-state index is 13.3. The molecule has 2 heterocycles. The molecule has 4 rings (SSSR count). The highest BCUT2D eigenvalue weighted by atomic mass is 32.1. The molecule has 0 aliphatic carbocycles. The van der Waals surface area contributed by atoms with Gasteiger partial charge in [0.25, 0.3) is 11.8 Å². The number of thiocarbonyl (C=S) groups is 1. The monoisotopic (exact) mass is 473 g/mol. The zero-order valence-electron chi connectivity index (χ0n) is 18.3. The first-order valence-electron chi connectivity index (χ1n) is 10.8. The van der Waals surface area contributed by atoms with Gasteiger partial charge < -0.3 is 5.32 Å². The molecule has 1 aromatic heterocycles. The molecule has 3 aromatic rings. The van der Waals surface area contributed by atoms with Gasteiger partial charge >= 0.3 is 0 Å². The first kappa shape index (κ1) is 23.1. The van der Waals surface area contributed by atoms with Crippen LogP contribution < -0.4 is 15.6 Å². The maximum Gasteiger partial charge on any atom is 0.269 e. The van der Waals surface area contributed by atoms with Crippen LogP contribution in [0.2, 0.25) is 0 Å². The van der Waals surface area contributed by atoms with Crippen molar-refractivity contribution in [2.75, 3.05) is 11.4 Å². The van der Waals surface area contributed by atoms with E-state index < -0.39 is 11.9 Å². The number of benzene rings is 2. The number of pyridine rings is 1. The van der Waals surface area contributed by atoms with Gasteiger partial charge in [0, 0.05) is 24.5 Å². The van der Waals surface area contributed by atoms with E-state index in [4.69, 9.17) is 12.2 Å². The Morgan fingerprint density at radius 1 is 0.941 bits per heavy atom. The van der Waals surface area contributed by atoms with Crippen LogP contribution in [-0.2, 0) is 16.0 Å². The number of nitrogens with zero attached hydrogens (tertiary/aromatic N) is 3. The van der Waals surface area contributed by atoms with E-state index in [0.29, 0.717) is 24.2 Å². The molecule has 1 aliphatic heterocycles. The van der Waals surface area contributed by atoms with Gasteiger partial charge in [-0.05, 0) is 48.5 Å². The van der Waals surface area contributed by atoms with Crippen molar-refractivity contribution in [3.8, 4) is 0 Å². The van der Waals surface area contributed by atoms with Gasteiger partial charge in [0.15, 0.2) is 0 Å². The van der Waals surface area contributed by atoms with E-state index in [1.165, 1.54) is 22.3 Å². The number of para-hydroxylation sites is 1. The summed E-state index contributed by atoms with van der Waals surface area (Å²) in [7, 11) is 0. The Hall–Kier alpha value is -4.11. The van der Waals surface area contributed by atoms with Crippen molar-refractivity contribution in [2.45, 2.75) is 18.9 Å². The number of hydrogen-bond acceptors (Lipinski definition) is 5. The maximum absolute atomic E-state index is 13.3. The lowest BCUT2D eigenvalue weighted by atomic mass is 10.1. The minimum atomic E-state index is -0.977. The van der Waals surface area contributed by atoms with Crippen LogP contribution in [0, 0.1) is 0 Å². The van der Waals surface area contributed by atoms with Gasteiger partial charge in [-0.1, -0.05) is 48.5 Å². The fourth-order valence-electron chi connectivity index (χ4n) is 3.63. The predicted molar refractivity (Wildman–Crippen MR) is 132 cm³/mol. The van der Waals surface area contributed by atoms with Gasteiger partial charge in [0.1, 0.15) is 6.04 Å². The summed E-state index contributed by atoms with van der Waals surface area (Å²) in [5.41, 5.74) is 4.71. The van der Waals surface area contributed by atoms with Crippen molar-refractivity contribution in [1.29, 1.82) is 0 Å². The number of carbonyl (C=O) groups is 3. The molecule has 1 saturated heterocycles. The van der Waals surface area contributed by atoms with E-state index in [0.717, 1.165) is 5.56 Å². The summed E-state index contributed by atoms with van der Waals surface area (Å²) in [5, 5.41) is 4.25. The highest BCUT2D eigenvalue weighted by molar-refractivity contribution is 7.80. The molecule has 2 N–H and O–H groups in total. The Morgan fingerprint density at radius 2 is 1.59 bits per heavy atom. The molecular formula is C25H23N5O3S. The van der Waals surface area contributed by atoms with Crippen LogP contribution in [0.25, 0.3) is 0 Å². The van der Waals surface area contributed by atoms with Crippen molar-refractivity contribution < 1.29 is 14.4 Å².